The summed E-state index contributed by atoms with van der Waals surface area (Å²) >= 11 is 13.5. The summed E-state index contributed by atoms with van der Waals surface area (Å²) in [6, 6.07) is 14.0. The second-order valence-corrected chi connectivity index (χ2v) is 7.72. The van der Waals surface area contributed by atoms with Crippen LogP contribution in [0.1, 0.15) is 0 Å². The Balaban J connectivity index is 1.86. The van der Waals surface area contributed by atoms with Gasteiger partial charge in [0.15, 0.2) is 11.0 Å². The first-order valence-corrected chi connectivity index (χ1v) is 10.5. The smallest absolute Gasteiger partial charge is 0.321 e. The maximum atomic E-state index is 12.1. The van der Waals surface area contributed by atoms with Gasteiger partial charge in [-0.25, -0.2) is 4.79 Å². The lowest BCUT2D eigenvalue weighted by atomic mass is 10.2. The Morgan fingerprint density at radius 2 is 1.90 bits per heavy atom. The molecule has 0 saturated carbocycles. The number of para-hydroxylation sites is 1. The molecule has 1 heterocycles. The van der Waals surface area contributed by atoms with Crippen LogP contribution in [0.5, 0.6) is 0 Å². The highest BCUT2D eigenvalue weighted by Crippen LogP contribution is 2.33. The highest BCUT2D eigenvalue weighted by atomic mass is 35.5. The average molecular weight is 462 g/mol. The summed E-state index contributed by atoms with van der Waals surface area (Å²) in [6.07, 6.45) is 1.52. The van der Waals surface area contributed by atoms with Gasteiger partial charge in [-0.05, 0) is 30.3 Å². The lowest BCUT2D eigenvalue weighted by Crippen LogP contribution is -2.40. The Morgan fingerprint density at radius 3 is 2.60 bits per heavy atom. The minimum absolute atomic E-state index is 0.0270. The van der Waals surface area contributed by atoms with Crippen LogP contribution >= 0.6 is 35.0 Å². The molecule has 0 aliphatic rings. The van der Waals surface area contributed by atoms with E-state index in [1.165, 1.54) is 6.08 Å². The molecule has 0 atom stereocenters. The fourth-order valence-electron chi connectivity index (χ4n) is 2.52. The maximum absolute atomic E-state index is 12.1. The molecule has 0 aliphatic carbocycles. The summed E-state index contributed by atoms with van der Waals surface area (Å²) in [6.45, 7) is 3.76. The molecule has 0 aliphatic heterocycles. The summed E-state index contributed by atoms with van der Waals surface area (Å²) in [7, 11) is 0. The number of carbonyl (C=O) groups excluding carboxylic acids is 2. The molecule has 0 spiro atoms. The average Bonchev–Trinajstić information content (AvgIpc) is 3.15. The summed E-state index contributed by atoms with van der Waals surface area (Å²) in [5, 5.41) is 14.6. The number of aromatic nitrogens is 3. The predicted molar refractivity (Wildman–Crippen MR) is 119 cm³/mol. The number of thioether (sulfide) groups is 1. The van der Waals surface area contributed by atoms with Gasteiger partial charge in [0.05, 0.1) is 10.8 Å². The Morgan fingerprint density at radius 1 is 1.13 bits per heavy atom. The topological polar surface area (TPSA) is 88.9 Å². The van der Waals surface area contributed by atoms with Gasteiger partial charge in [0.1, 0.15) is 0 Å². The monoisotopic (exact) mass is 461 g/mol. The fourth-order valence-corrected chi connectivity index (χ4v) is 3.77. The molecule has 3 aromatic rings. The summed E-state index contributed by atoms with van der Waals surface area (Å²) < 4.78 is 1.80. The van der Waals surface area contributed by atoms with Crippen molar-refractivity contribution in [2.24, 2.45) is 0 Å². The number of carbonyl (C=O) groups is 2. The van der Waals surface area contributed by atoms with Crippen LogP contribution in [0, 0.1) is 0 Å². The molecule has 2 aromatic carbocycles. The third-order valence-electron chi connectivity index (χ3n) is 3.81. The SMILES string of the molecule is C=CCNC(=O)NC(=O)CSc1nnc(-c2ccc(Cl)cc2Cl)n1-c1ccccc1. The molecule has 10 heteroatoms. The molecule has 1 aromatic heterocycles. The normalized spacial score (nSPS) is 10.5. The fraction of sp³-hybridized carbons (Fsp3) is 0.100. The Kier molecular flexibility index (Phi) is 7.51. The van der Waals surface area contributed by atoms with Gasteiger partial charge in [0.25, 0.3) is 0 Å². The first-order chi connectivity index (χ1) is 14.5. The van der Waals surface area contributed by atoms with E-state index in [1.54, 1.807) is 22.8 Å². The van der Waals surface area contributed by atoms with E-state index in [0.29, 0.717) is 26.6 Å². The molecule has 0 fully saturated rings. The van der Waals surface area contributed by atoms with Crippen LogP contribution in [-0.2, 0) is 4.79 Å². The molecule has 0 saturated heterocycles. The minimum atomic E-state index is -0.585. The second kappa shape index (κ2) is 10.3. The van der Waals surface area contributed by atoms with Crippen molar-refractivity contribution in [3.8, 4) is 17.1 Å². The third kappa shape index (κ3) is 5.41. The van der Waals surface area contributed by atoms with Crippen molar-refractivity contribution in [2.45, 2.75) is 5.16 Å². The van der Waals surface area contributed by atoms with Crippen molar-refractivity contribution in [2.75, 3.05) is 12.3 Å². The lowest BCUT2D eigenvalue weighted by Gasteiger charge is -2.11. The van der Waals surface area contributed by atoms with Crippen LogP contribution in [0.4, 0.5) is 4.79 Å². The molecule has 2 N–H and O–H groups in total. The molecule has 3 rings (SSSR count). The van der Waals surface area contributed by atoms with E-state index in [9.17, 15) is 9.59 Å². The number of imide groups is 1. The second-order valence-electron chi connectivity index (χ2n) is 5.94. The molecular weight excluding hydrogens is 445 g/mol. The van der Waals surface area contributed by atoms with Gasteiger partial charge in [-0.1, -0.05) is 59.2 Å². The molecule has 0 unspecified atom stereocenters. The Hall–Kier alpha value is -2.81. The van der Waals surface area contributed by atoms with Gasteiger partial charge in [-0.3, -0.25) is 14.7 Å². The van der Waals surface area contributed by atoms with Crippen molar-refractivity contribution in [3.05, 3.63) is 71.2 Å². The number of rotatable bonds is 7. The molecule has 0 bridgehead atoms. The first kappa shape index (κ1) is 21.9. The molecule has 3 amide bonds. The van der Waals surface area contributed by atoms with Crippen molar-refractivity contribution in [1.29, 1.82) is 0 Å². The third-order valence-corrected chi connectivity index (χ3v) is 5.29. The predicted octanol–water partition coefficient (Wildman–Crippen LogP) is 4.35. The Labute approximate surface area is 187 Å². The number of amides is 3. The number of nitrogens with one attached hydrogen (secondary N) is 2. The first-order valence-electron chi connectivity index (χ1n) is 8.77. The van der Waals surface area contributed by atoms with Crippen molar-refractivity contribution in [3.63, 3.8) is 0 Å². The molecule has 154 valence electrons. The van der Waals surface area contributed by atoms with Gasteiger partial charge in [0, 0.05) is 22.8 Å². The zero-order valence-electron chi connectivity index (χ0n) is 15.6. The van der Waals surface area contributed by atoms with Gasteiger partial charge in [-0.2, -0.15) is 0 Å². The van der Waals surface area contributed by atoms with E-state index in [0.717, 1.165) is 17.4 Å². The van der Waals surface area contributed by atoms with Crippen LogP contribution in [-0.4, -0.2) is 39.0 Å². The van der Waals surface area contributed by atoms with E-state index >= 15 is 0 Å². The van der Waals surface area contributed by atoms with Gasteiger partial charge >= 0.3 is 6.03 Å². The van der Waals surface area contributed by atoms with E-state index < -0.39 is 11.9 Å². The zero-order chi connectivity index (χ0) is 21.5. The van der Waals surface area contributed by atoms with E-state index in [4.69, 9.17) is 23.2 Å². The Bertz CT molecular complexity index is 1070. The molecular formula is C20H17Cl2N5O2S. The summed E-state index contributed by atoms with van der Waals surface area (Å²) in [5.74, 6) is 0.0191. The van der Waals surface area contributed by atoms with Crippen LogP contribution in [0.2, 0.25) is 10.0 Å². The number of nitrogens with zero attached hydrogens (tertiary/aromatic N) is 3. The van der Waals surface area contributed by atoms with Crippen molar-refractivity contribution >= 4 is 46.9 Å². The zero-order valence-corrected chi connectivity index (χ0v) is 18.0. The lowest BCUT2D eigenvalue weighted by molar-refractivity contribution is -0.117. The highest BCUT2D eigenvalue weighted by Gasteiger charge is 2.19. The molecule has 30 heavy (non-hydrogen) atoms. The quantitative estimate of drug-likeness (QED) is 0.403. The standard InChI is InChI=1S/C20H17Cl2N5O2S/c1-2-10-23-19(29)24-17(28)12-30-20-26-25-18(15-9-8-13(21)11-16(15)22)27(20)14-6-4-3-5-7-14/h2-9,11H,1,10,12H2,(H2,23,24,28,29). The van der Waals surface area contributed by atoms with E-state index in [1.807, 2.05) is 30.3 Å². The largest absolute Gasteiger partial charge is 0.334 e. The van der Waals surface area contributed by atoms with Crippen molar-refractivity contribution in [1.82, 2.24) is 25.4 Å². The maximum Gasteiger partial charge on any atom is 0.321 e. The number of halogens is 2. The summed E-state index contributed by atoms with van der Waals surface area (Å²) in [4.78, 5) is 23.7. The van der Waals surface area contributed by atoms with Crippen LogP contribution in [0.3, 0.4) is 0 Å². The minimum Gasteiger partial charge on any atom is -0.334 e. The number of urea groups is 1. The number of benzene rings is 2. The number of hydrogen-bond acceptors (Lipinski definition) is 5. The number of hydrogen-bond donors (Lipinski definition) is 2. The summed E-state index contributed by atoms with van der Waals surface area (Å²) in [5.41, 5.74) is 1.45. The van der Waals surface area contributed by atoms with Crippen molar-refractivity contribution < 1.29 is 9.59 Å². The van der Waals surface area contributed by atoms with Crippen LogP contribution < -0.4 is 10.6 Å². The van der Waals surface area contributed by atoms with Gasteiger partial charge in [0.2, 0.25) is 5.91 Å². The molecule has 0 radical (unpaired) electrons. The van der Waals surface area contributed by atoms with Crippen LogP contribution in [0.25, 0.3) is 17.1 Å². The van der Waals surface area contributed by atoms with E-state index in [-0.39, 0.29) is 12.3 Å². The van der Waals surface area contributed by atoms with E-state index in [2.05, 4.69) is 27.4 Å². The van der Waals surface area contributed by atoms with Crippen LogP contribution in [0.15, 0.2) is 66.3 Å². The van der Waals surface area contributed by atoms with Gasteiger partial charge in [-0.15, -0.1) is 16.8 Å². The van der Waals surface area contributed by atoms with Gasteiger partial charge < -0.3 is 5.32 Å². The highest BCUT2D eigenvalue weighted by molar-refractivity contribution is 7.99. The molecule has 7 nitrogen and oxygen atoms in total.